The first-order valence-electron chi connectivity index (χ1n) is 6.97. The highest BCUT2D eigenvalue weighted by Crippen LogP contribution is 2.48. The lowest BCUT2D eigenvalue weighted by molar-refractivity contribution is 0.253. The second-order valence-electron chi connectivity index (χ2n) is 8.41. The second kappa shape index (κ2) is 4.27. The average Bonchev–Trinajstić information content (AvgIpc) is 2.54. The topological polar surface area (TPSA) is 30.3 Å². The van der Waals surface area contributed by atoms with Crippen LogP contribution in [0.25, 0.3) is 0 Å². The lowest BCUT2D eigenvalue weighted by Gasteiger charge is -2.54. The smallest absolute Gasteiger partial charge is 0.370 e. The van der Waals surface area contributed by atoms with Gasteiger partial charge in [0.05, 0.1) is 5.69 Å². The highest BCUT2D eigenvalue weighted by molar-refractivity contribution is 6.85. The standard InChI is InChI=1S/C15H29N3Si/c1-13(2,3)17-10-11-18(14(4,5)6)19(17,12-16)15(7,8)9/h10-11H,1-9H3. The summed E-state index contributed by atoms with van der Waals surface area (Å²) in [5.41, 5.74) is 2.69. The van der Waals surface area contributed by atoms with Gasteiger partial charge >= 0.3 is 8.40 Å². The Kier molecular flexibility index (Phi) is 3.62. The Hall–Kier alpha value is -0.953. The maximum atomic E-state index is 10.1. The summed E-state index contributed by atoms with van der Waals surface area (Å²) in [6.45, 7) is 19.7. The molecule has 4 heteroatoms. The minimum absolute atomic E-state index is 0.0360. The summed E-state index contributed by atoms with van der Waals surface area (Å²) >= 11 is 0. The van der Waals surface area contributed by atoms with Crippen molar-refractivity contribution in [3.8, 4) is 5.69 Å². The van der Waals surface area contributed by atoms with Crippen molar-refractivity contribution < 1.29 is 0 Å². The van der Waals surface area contributed by atoms with E-state index in [4.69, 9.17) is 0 Å². The Morgan fingerprint density at radius 2 is 1.11 bits per heavy atom. The highest BCUT2D eigenvalue weighted by Gasteiger charge is 2.62. The molecule has 0 fully saturated rings. The van der Waals surface area contributed by atoms with Gasteiger partial charge in [0.1, 0.15) is 0 Å². The van der Waals surface area contributed by atoms with Crippen molar-refractivity contribution in [3.05, 3.63) is 12.4 Å². The van der Waals surface area contributed by atoms with Gasteiger partial charge in [-0.1, -0.05) is 20.8 Å². The molecule has 0 aliphatic carbocycles. The summed E-state index contributed by atoms with van der Waals surface area (Å²) in [6, 6.07) is 0. The van der Waals surface area contributed by atoms with E-state index in [9.17, 15) is 5.26 Å². The van der Waals surface area contributed by atoms with Crippen LogP contribution in [0.1, 0.15) is 62.3 Å². The van der Waals surface area contributed by atoms with Crippen LogP contribution in [0.15, 0.2) is 12.4 Å². The predicted octanol–water partition coefficient (Wildman–Crippen LogP) is 3.98. The molecule has 0 atom stereocenters. The van der Waals surface area contributed by atoms with Crippen LogP contribution in [0.4, 0.5) is 0 Å². The zero-order valence-electron chi connectivity index (χ0n) is 14.0. The van der Waals surface area contributed by atoms with Crippen LogP contribution in [0, 0.1) is 11.0 Å². The van der Waals surface area contributed by atoms with Gasteiger partial charge in [0.2, 0.25) is 0 Å². The molecule has 0 spiro atoms. The van der Waals surface area contributed by atoms with Gasteiger partial charge in [-0.05, 0) is 41.5 Å². The molecule has 0 aromatic rings. The lowest BCUT2D eigenvalue weighted by atomic mass is 10.1. The Morgan fingerprint density at radius 3 is 1.26 bits per heavy atom. The van der Waals surface area contributed by atoms with E-state index in [0.29, 0.717) is 0 Å². The molecular formula is C15H29N3Si. The van der Waals surface area contributed by atoms with Crippen LogP contribution in [0.3, 0.4) is 0 Å². The Balaban J connectivity index is 3.51. The molecule has 0 saturated carbocycles. The predicted molar refractivity (Wildman–Crippen MR) is 83.4 cm³/mol. The van der Waals surface area contributed by atoms with Crippen LogP contribution in [0.2, 0.25) is 5.04 Å². The molecule has 1 heterocycles. The van der Waals surface area contributed by atoms with E-state index < -0.39 is 8.40 Å². The van der Waals surface area contributed by atoms with Gasteiger partial charge in [-0.3, -0.25) is 0 Å². The minimum Gasteiger partial charge on any atom is -0.370 e. The molecule has 0 amide bonds. The second-order valence-corrected chi connectivity index (χ2v) is 12.4. The van der Waals surface area contributed by atoms with Crippen molar-refractivity contribution in [2.45, 2.75) is 78.4 Å². The van der Waals surface area contributed by atoms with E-state index in [-0.39, 0.29) is 16.1 Å². The fraction of sp³-hybridized carbons (Fsp3) is 0.800. The molecule has 108 valence electrons. The first kappa shape index (κ1) is 16.1. The molecule has 0 saturated heterocycles. The first-order chi connectivity index (χ1) is 8.28. The van der Waals surface area contributed by atoms with Crippen LogP contribution < -0.4 is 0 Å². The monoisotopic (exact) mass is 279 g/mol. The third-order valence-electron chi connectivity index (χ3n) is 3.71. The minimum atomic E-state index is -2.48. The summed E-state index contributed by atoms with van der Waals surface area (Å²) in [7, 11) is -2.48. The Bertz CT molecular complexity index is 389. The van der Waals surface area contributed by atoms with E-state index >= 15 is 0 Å². The number of nitriles is 1. The summed E-state index contributed by atoms with van der Waals surface area (Å²) in [4.78, 5) is 0. The first-order valence-corrected chi connectivity index (χ1v) is 8.86. The number of rotatable bonds is 0. The third-order valence-corrected chi connectivity index (χ3v) is 9.15. The number of hydrogen-bond acceptors (Lipinski definition) is 3. The molecule has 0 unspecified atom stereocenters. The molecule has 19 heavy (non-hydrogen) atoms. The molecule has 1 aliphatic heterocycles. The van der Waals surface area contributed by atoms with Gasteiger partial charge in [0.25, 0.3) is 0 Å². The SMILES string of the molecule is CC(C)(C)N1C=CN(C(C)(C)C)[Si]1(C#N)C(C)(C)C. The van der Waals surface area contributed by atoms with Crippen LogP contribution in [0.5, 0.6) is 0 Å². The Labute approximate surface area is 120 Å². The molecular weight excluding hydrogens is 250 g/mol. The van der Waals surface area contributed by atoms with Crippen molar-refractivity contribution in [2.24, 2.45) is 0 Å². The molecule has 0 aromatic heterocycles. The average molecular weight is 280 g/mol. The molecule has 0 N–H and O–H groups in total. The van der Waals surface area contributed by atoms with E-state index in [2.05, 4.69) is 89.5 Å². The van der Waals surface area contributed by atoms with Crippen molar-refractivity contribution in [1.29, 1.82) is 5.26 Å². The van der Waals surface area contributed by atoms with Crippen LogP contribution >= 0.6 is 0 Å². The largest absolute Gasteiger partial charge is 0.384 e. The summed E-state index contributed by atoms with van der Waals surface area (Å²) < 4.78 is 4.68. The van der Waals surface area contributed by atoms with E-state index in [1.807, 2.05) is 0 Å². The maximum absolute atomic E-state index is 10.1. The van der Waals surface area contributed by atoms with Crippen molar-refractivity contribution in [1.82, 2.24) is 9.13 Å². The normalized spacial score (nSPS) is 19.8. The Morgan fingerprint density at radius 1 is 0.789 bits per heavy atom. The van der Waals surface area contributed by atoms with E-state index in [1.54, 1.807) is 0 Å². The van der Waals surface area contributed by atoms with Crippen LogP contribution in [-0.4, -0.2) is 28.6 Å². The van der Waals surface area contributed by atoms with E-state index in [1.165, 1.54) is 0 Å². The zero-order chi connectivity index (χ0) is 15.3. The van der Waals surface area contributed by atoms with Crippen molar-refractivity contribution >= 4 is 8.40 Å². The van der Waals surface area contributed by atoms with Gasteiger partial charge < -0.3 is 9.13 Å². The summed E-state index contributed by atoms with van der Waals surface area (Å²) in [5, 5.41) is 10.1. The number of hydrogen-bond donors (Lipinski definition) is 0. The molecule has 0 radical (unpaired) electrons. The van der Waals surface area contributed by atoms with E-state index in [0.717, 1.165) is 0 Å². The van der Waals surface area contributed by atoms with Gasteiger partial charge in [-0.25, -0.2) is 5.26 Å². The third kappa shape index (κ3) is 2.41. The molecule has 0 aromatic carbocycles. The van der Waals surface area contributed by atoms with Gasteiger partial charge in [0, 0.05) is 28.5 Å². The van der Waals surface area contributed by atoms with Gasteiger partial charge in [-0.2, -0.15) is 0 Å². The lowest BCUT2D eigenvalue weighted by Crippen LogP contribution is -2.71. The molecule has 0 bridgehead atoms. The number of nitrogens with zero attached hydrogens (tertiary/aromatic N) is 3. The quantitative estimate of drug-likeness (QED) is 0.628. The highest BCUT2D eigenvalue weighted by atomic mass is 28.3. The fourth-order valence-corrected chi connectivity index (χ4v) is 7.62. The summed E-state index contributed by atoms with van der Waals surface area (Å²) in [5.74, 6) is 0. The summed E-state index contributed by atoms with van der Waals surface area (Å²) in [6.07, 6.45) is 4.26. The van der Waals surface area contributed by atoms with Crippen LogP contribution in [-0.2, 0) is 0 Å². The maximum Gasteiger partial charge on any atom is 0.384 e. The van der Waals surface area contributed by atoms with Crippen molar-refractivity contribution in [2.75, 3.05) is 0 Å². The molecule has 1 aliphatic rings. The molecule has 1 rings (SSSR count). The fourth-order valence-electron chi connectivity index (χ4n) is 2.88. The zero-order valence-corrected chi connectivity index (χ0v) is 15.0. The van der Waals surface area contributed by atoms with Crippen molar-refractivity contribution in [3.63, 3.8) is 0 Å². The van der Waals surface area contributed by atoms with Gasteiger partial charge in [-0.15, -0.1) is 0 Å². The molecule has 3 nitrogen and oxygen atoms in total. The van der Waals surface area contributed by atoms with Gasteiger partial charge in [0.15, 0.2) is 0 Å².